The van der Waals surface area contributed by atoms with Crippen LogP contribution in [0, 0.1) is 13.8 Å². The molecule has 1 aliphatic heterocycles. The number of nitrogens with zero attached hydrogens (tertiary/aromatic N) is 2. The molecule has 1 heterocycles. The van der Waals surface area contributed by atoms with Gasteiger partial charge in [0, 0.05) is 17.7 Å². The minimum atomic E-state index is -0.0892. The van der Waals surface area contributed by atoms with Gasteiger partial charge in [-0.25, -0.2) is 0 Å². The Morgan fingerprint density at radius 3 is 2.25 bits per heavy atom. The number of allylic oxidation sites excluding steroid dienone is 1. The second-order valence-corrected chi connectivity index (χ2v) is 6.42. The monoisotopic (exact) mass is 327 g/mol. The summed E-state index contributed by atoms with van der Waals surface area (Å²) in [7, 11) is 0. The van der Waals surface area contributed by atoms with Crippen LogP contribution in [0.5, 0.6) is 0 Å². The average Bonchev–Trinajstić information content (AvgIpc) is 2.94. The fourth-order valence-corrected chi connectivity index (χ4v) is 2.16. The van der Waals surface area contributed by atoms with Gasteiger partial charge < -0.3 is 5.32 Å². The average molecular weight is 327 g/mol. The van der Waals surface area contributed by atoms with Gasteiger partial charge in [0.15, 0.2) is 0 Å². The van der Waals surface area contributed by atoms with Crippen LogP contribution in [0.25, 0.3) is 0 Å². The van der Waals surface area contributed by atoms with Crippen LogP contribution < -0.4 is 5.32 Å². The van der Waals surface area contributed by atoms with Gasteiger partial charge in [0.2, 0.25) is 0 Å². The van der Waals surface area contributed by atoms with Crippen molar-refractivity contribution in [3.05, 3.63) is 46.0 Å². The summed E-state index contributed by atoms with van der Waals surface area (Å²) in [5.41, 5.74) is 6.92. The summed E-state index contributed by atoms with van der Waals surface area (Å²) in [6.07, 6.45) is 1.79. The highest BCUT2D eigenvalue weighted by Crippen LogP contribution is 2.10. The molecule has 0 unspecified atom stereocenters. The molecule has 4 nitrogen and oxygen atoms in total. The van der Waals surface area contributed by atoms with Crippen molar-refractivity contribution in [2.45, 2.75) is 61.3 Å². The van der Waals surface area contributed by atoms with Crippen LogP contribution in [0.3, 0.4) is 0 Å². The van der Waals surface area contributed by atoms with E-state index in [2.05, 4.69) is 54.5 Å². The molecule has 1 aromatic rings. The van der Waals surface area contributed by atoms with Gasteiger partial charge in [-0.05, 0) is 59.1 Å². The Bertz CT molecular complexity index is 693. The van der Waals surface area contributed by atoms with E-state index in [1.54, 1.807) is 6.92 Å². The summed E-state index contributed by atoms with van der Waals surface area (Å²) in [6.45, 7) is 14.0. The Labute approximate surface area is 145 Å². The molecule has 0 bridgehead atoms. The maximum absolute atomic E-state index is 11.5. The Kier molecular flexibility index (Phi) is 7.56. The van der Waals surface area contributed by atoms with E-state index in [4.69, 9.17) is 0 Å². The SMILES string of the molecule is CC1=NN=C(NC(=O)C(C)=C(C)C)C1.CCc1cc(C)ccc1C. The first-order valence-corrected chi connectivity index (χ1v) is 8.36. The van der Waals surface area contributed by atoms with Gasteiger partial charge >= 0.3 is 0 Å². The van der Waals surface area contributed by atoms with E-state index >= 15 is 0 Å². The summed E-state index contributed by atoms with van der Waals surface area (Å²) in [4.78, 5) is 11.5. The van der Waals surface area contributed by atoms with Crippen molar-refractivity contribution in [1.82, 2.24) is 5.32 Å². The summed E-state index contributed by atoms with van der Waals surface area (Å²) in [6, 6.07) is 6.61. The number of hydrogen-bond donors (Lipinski definition) is 1. The predicted molar refractivity (Wildman–Crippen MR) is 103 cm³/mol. The van der Waals surface area contributed by atoms with Crippen molar-refractivity contribution >= 4 is 17.5 Å². The first kappa shape index (κ1) is 19.8. The second-order valence-electron chi connectivity index (χ2n) is 6.42. The molecule has 130 valence electrons. The Hall–Kier alpha value is -2.23. The molecule has 1 aromatic carbocycles. The highest BCUT2D eigenvalue weighted by Gasteiger charge is 2.13. The van der Waals surface area contributed by atoms with Crippen LogP contribution >= 0.6 is 0 Å². The van der Waals surface area contributed by atoms with E-state index in [-0.39, 0.29) is 5.91 Å². The molecule has 4 heteroatoms. The number of amides is 1. The third-order valence-corrected chi connectivity index (χ3v) is 4.00. The number of benzene rings is 1. The molecule has 2 rings (SSSR count). The zero-order chi connectivity index (χ0) is 18.3. The summed E-state index contributed by atoms with van der Waals surface area (Å²) < 4.78 is 0. The first-order chi connectivity index (χ1) is 11.2. The normalized spacial score (nSPS) is 12.6. The molecule has 1 amide bonds. The van der Waals surface area contributed by atoms with E-state index in [1.165, 1.54) is 16.7 Å². The number of nitrogens with one attached hydrogen (secondary N) is 1. The summed E-state index contributed by atoms with van der Waals surface area (Å²) in [5.74, 6) is 0.543. The molecule has 0 saturated carbocycles. The van der Waals surface area contributed by atoms with E-state index in [0.29, 0.717) is 12.3 Å². The largest absolute Gasteiger partial charge is 0.309 e. The van der Waals surface area contributed by atoms with Crippen molar-refractivity contribution in [2.75, 3.05) is 0 Å². The lowest BCUT2D eigenvalue weighted by atomic mass is 10.0. The van der Waals surface area contributed by atoms with Gasteiger partial charge in [0.25, 0.3) is 5.91 Å². The molecule has 0 aromatic heterocycles. The van der Waals surface area contributed by atoms with Crippen molar-refractivity contribution in [2.24, 2.45) is 10.2 Å². The Morgan fingerprint density at radius 1 is 1.12 bits per heavy atom. The van der Waals surface area contributed by atoms with Gasteiger partial charge in [-0.15, -0.1) is 5.10 Å². The molecular formula is C20H29N3O. The maximum Gasteiger partial charge on any atom is 0.252 e. The van der Waals surface area contributed by atoms with Crippen molar-refractivity contribution in [1.29, 1.82) is 0 Å². The fraction of sp³-hybridized carbons (Fsp3) is 0.450. The molecule has 0 spiro atoms. The Balaban J connectivity index is 0.000000254. The number of carbonyl (C=O) groups excluding carboxylic acids is 1. The van der Waals surface area contributed by atoms with E-state index < -0.39 is 0 Å². The molecule has 1 aliphatic rings. The van der Waals surface area contributed by atoms with Crippen LogP contribution in [-0.4, -0.2) is 17.5 Å². The minimum absolute atomic E-state index is 0.0892. The van der Waals surface area contributed by atoms with E-state index in [1.807, 2.05) is 20.8 Å². The van der Waals surface area contributed by atoms with Gasteiger partial charge in [-0.1, -0.05) is 36.3 Å². The molecule has 24 heavy (non-hydrogen) atoms. The van der Waals surface area contributed by atoms with E-state index in [0.717, 1.165) is 23.3 Å². The number of carbonyl (C=O) groups is 1. The van der Waals surface area contributed by atoms with Gasteiger partial charge in [0.05, 0.1) is 0 Å². The molecule has 1 N–H and O–H groups in total. The lowest BCUT2D eigenvalue weighted by Gasteiger charge is -2.05. The molecule has 0 saturated heterocycles. The lowest BCUT2D eigenvalue weighted by molar-refractivity contribution is -0.116. The fourth-order valence-electron chi connectivity index (χ4n) is 2.16. The molecule has 0 atom stereocenters. The predicted octanol–water partition coefficient (Wildman–Crippen LogP) is 4.50. The lowest BCUT2D eigenvalue weighted by Crippen LogP contribution is -2.31. The quantitative estimate of drug-likeness (QED) is 0.799. The van der Waals surface area contributed by atoms with Crippen molar-refractivity contribution in [3.8, 4) is 0 Å². The van der Waals surface area contributed by atoms with Crippen LogP contribution in [0.2, 0.25) is 0 Å². The number of aryl methyl sites for hydroxylation is 3. The highest BCUT2D eigenvalue weighted by molar-refractivity contribution is 6.13. The molecular weight excluding hydrogens is 298 g/mol. The Morgan fingerprint density at radius 2 is 1.79 bits per heavy atom. The van der Waals surface area contributed by atoms with Crippen LogP contribution in [-0.2, 0) is 11.2 Å². The highest BCUT2D eigenvalue weighted by atomic mass is 16.1. The molecule has 0 aliphatic carbocycles. The zero-order valence-electron chi connectivity index (χ0n) is 15.9. The standard InChI is InChI=1S/C10H15N3O.C10H14/c1-6(2)8(4)10(14)11-9-5-7(3)12-13-9;1-4-10-7-8(2)5-6-9(10)3/h5H2,1-4H3,(H,11,13,14);5-7H,4H2,1-3H3. The van der Waals surface area contributed by atoms with Crippen molar-refractivity contribution < 1.29 is 4.79 Å². The zero-order valence-corrected chi connectivity index (χ0v) is 15.9. The van der Waals surface area contributed by atoms with Gasteiger partial charge in [-0.3, -0.25) is 4.79 Å². The molecule has 0 radical (unpaired) electrons. The van der Waals surface area contributed by atoms with Crippen LogP contribution in [0.4, 0.5) is 0 Å². The number of amidine groups is 1. The third-order valence-electron chi connectivity index (χ3n) is 4.00. The molecule has 0 fully saturated rings. The minimum Gasteiger partial charge on any atom is -0.309 e. The van der Waals surface area contributed by atoms with Crippen molar-refractivity contribution in [3.63, 3.8) is 0 Å². The van der Waals surface area contributed by atoms with Crippen LogP contribution in [0.15, 0.2) is 39.5 Å². The topological polar surface area (TPSA) is 53.8 Å². The summed E-state index contributed by atoms with van der Waals surface area (Å²) >= 11 is 0. The van der Waals surface area contributed by atoms with Gasteiger partial charge in [0.1, 0.15) is 5.84 Å². The number of rotatable bonds is 2. The van der Waals surface area contributed by atoms with Gasteiger partial charge in [-0.2, -0.15) is 5.10 Å². The first-order valence-electron chi connectivity index (χ1n) is 8.36. The number of hydrogen-bond acceptors (Lipinski definition) is 3. The smallest absolute Gasteiger partial charge is 0.252 e. The third kappa shape index (κ3) is 6.11. The maximum atomic E-state index is 11.5. The van der Waals surface area contributed by atoms with Crippen LogP contribution in [0.1, 0.15) is 57.7 Å². The summed E-state index contributed by atoms with van der Waals surface area (Å²) in [5, 5.41) is 10.4. The second kappa shape index (κ2) is 9.16. The van der Waals surface area contributed by atoms with E-state index in [9.17, 15) is 4.79 Å².